The molecule has 1 aliphatic rings. The van der Waals surface area contributed by atoms with Crippen LogP contribution in [0.2, 0.25) is 15.1 Å². The number of ether oxygens (including phenoxy) is 2. The molecule has 0 radical (unpaired) electrons. The van der Waals surface area contributed by atoms with Crippen LogP contribution in [0.4, 0.5) is 5.13 Å². The van der Waals surface area contributed by atoms with Crippen LogP contribution in [0.15, 0.2) is 70.6 Å². The van der Waals surface area contributed by atoms with Gasteiger partial charge in [0.2, 0.25) is 5.13 Å². The molecule has 13 heteroatoms. The second kappa shape index (κ2) is 15.1. The molecular weight excluding hydrogens is 689 g/mol. The third-order valence-corrected chi connectivity index (χ3v) is 10.0. The summed E-state index contributed by atoms with van der Waals surface area (Å²) in [6.07, 6.45) is 0.857. The van der Waals surface area contributed by atoms with Gasteiger partial charge in [0.25, 0.3) is 5.78 Å². The van der Waals surface area contributed by atoms with E-state index in [1.807, 2.05) is 13.0 Å². The van der Waals surface area contributed by atoms with Gasteiger partial charge in [0.15, 0.2) is 15.8 Å². The average molecular weight is 719 g/mol. The molecule has 1 N–H and O–H groups in total. The fourth-order valence-electron chi connectivity index (χ4n) is 4.73. The number of ketones is 1. The Morgan fingerprint density at radius 2 is 1.72 bits per heavy atom. The number of aromatic nitrogens is 2. The van der Waals surface area contributed by atoms with Crippen LogP contribution in [0.5, 0.6) is 11.5 Å². The number of hydrogen-bond donors (Lipinski definition) is 1. The molecule has 0 aliphatic carbocycles. The predicted molar refractivity (Wildman–Crippen MR) is 185 cm³/mol. The van der Waals surface area contributed by atoms with Crippen LogP contribution in [-0.4, -0.2) is 40.2 Å². The molecule has 0 bridgehead atoms. The summed E-state index contributed by atoms with van der Waals surface area (Å²) in [5.41, 5.74) is 1.61. The highest BCUT2D eigenvalue weighted by atomic mass is 35.5. The van der Waals surface area contributed by atoms with Gasteiger partial charge in [0, 0.05) is 26.4 Å². The molecule has 3 aromatic carbocycles. The van der Waals surface area contributed by atoms with Crippen LogP contribution in [0.25, 0.3) is 5.76 Å². The van der Waals surface area contributed by atoms with E-state index in [-0.39, 0.29) is 16.5 Å². The van der Waals surface area contributed by atoms with Crippen molar-refractivity contribution in [3.8, 4) is 11.5 Å². The number of rotatable bonds is 12. The van der Waals surface area contributed by atoms with Gasteiger partial charge >= 0.3 is 5.91 Å². The van der Waals surface area contributed by atoms with Crippen LogP contribution in [0, 0.1) is 5.92 Å². The van der Waals surface area contributed by atoms with Crippen molar-refractivity contribution in [3.05, 3.63) is 98.0 Å². The first kappa shape index (κ1) is 34.1. The minimum absolute atomic E-state index is 0.0967. The Labute approximate surface area is 290 Å². The van der Waals surface area contributed by atoms with Crippen LogP contribution in [-0.2, 0) is 15.3 Å². The topological polar surface area (TPSA) is 102 Å². The molecule has 0 spiro atoms. The molecule has 1 fully saturated rings. The minimum Gasteiger partial charge on any atom is -0.507 e. The van der Waals surface area contributed by atoms with Crippen LogP contribution in [0.1, 0.15) is 49.9 Å². The predicted octanol–water partition coefficient (Wildman–Crippen LogP) is 9.24. The fourth-order valence-corrected chi connectivity index (χ4v) is 7.28. The van der Waals surface area contributed by atoms with Gasteiger partial charge < -0.3 is 14.6 Å². The minimum atomic E-state index is -1.03. The van der Waals surface area contributed by atoms with Gasteiger partial charge in [-0.1, -0.05) is 83.9 Å². The summed E-state index contributed by atoms with van der Waals surface area (Å²) in [5.74, 6) is -0.103. The van der Waals surface area contributed by atoms with Crippen molar-refractivity contribution in [3.63, 3.8) is 0 Å². The van der Waals surface area contributed by atoms with Gasteiger partial charge in [-0.2, -0.15) is 0 Å². The maximum atomic E-state index is 13.7. The normalized spacial score (nSPS) is 16.0. The third kappa shape index (κ3) is 7.64. The van der Waals surface area contributed by atoms with E-state index in [9.17, 15) is 14.7 Å². The van der Waals surface area contributed by atoms with Gasteiger partial charge in [-0.05, 0) is 78.9 Å². The number of carbonyl (C=O) groups excluding carboxylic acids is 2. The zero-order valence-electron chi connectivity index (χ0n) is 25.1. The summed E-state index contributed by atoms with van der Waals surface area (Å²) in [5, 5.41) is 21.8. The molecule has 1 aromatic heterocycles. The Kier molecular flexibility index (Phi) is 11.2. The lowest BCUT2D eigenvalue weighted by Crippen LogP contribution is -2.29. The Morgan fingerprint density at radius 1 is 0.978 bits per heavy atom. The van der Waals surface area contributed by atoms with E-state index in [2.05, 4.69) is 24.0 Å². The van der Waals surface area contributed by atoms with E-state index in [4.69, 9.17) is 44.3 Å². The number of nitrogens with zero attached hydrogens (tertiary/aromatic N) is 3. The highest BCUT2D eigenvalue weighted by Gasteiger charge is 2.48. The number of halogens is 3. The van der Waals surface area contributed by atoms with Gasteiger partial charge in [0.05, 0.1) is 24.8 Å². The van der Waals surface area contributed by atoms with E-state index in [1.165, 1.54) is 16.7 Å². The van der Waals surface area contributed by atoms with Gasteiger partial charge in [0.1, 0.15) is 5.76 Å². The monoisotopic (exact) mass is 717 g/mol. The highest BCUT2D eigenvalue weighted by molar-refractivity contribution is 8.00. The summed E-state index contributed by atoms with van der Waals surface area (Å²) in [6.45, 7) is 6.95. The van der Waals surface area contributed by atoms with Gasteiger partial charge in [-0.3, -0.25) is 14.5 Å². The second-order valence-electron chi connectivity index (χ2n) is 10.7. The molecular formula is C33H30Cl3N3O5S2. The van der Waals surface area contributed by atoms with Crippen LogP contribution >= 0.6 is 57.9 Å². The van der Waals surface area contributed by atoms with E-state index in [0.29, 0.717) is 66.9 Å². The van der Waals surface area contributed by atoms with E-state index < -0.39 is 17.7 Å². The van der Waals surface area contributed by atoms with Crippen molar-refractivity contribution in [2.45, 2.75) is 43.3 Å². The molecule has 1 unspecified atom stereocenters. The number of Topliss-reactive ketones (excluding diaryl/α,β-unsaturated/α-hetero) is 1. The number of benzene rings is 3. The number of anilines is 1. The molecule has 1 amide bonds. The van der Waals surface area contributed by atoms with Crippen molar-refractivity contribution >= 4 is 80.5 Å². The Balaban J connectivity index is 1.55. The number of thioether (sulfide) groups is 1. The number of hydrogen-bond acceptors (Lipinski definition) is 9. The molecule has 1 aliphatic heterocycles. The number of amides is 1. The summed E-state index contributed by atoms with van der Waals surface area (Å²) in [7, 11) is 0. The molecule has 5 rings (SSSR count). The van der Waals surface area contributed by atoms with Crippen molar-refractivity contribution in [2.75, 3.05) is 18.1 Å². The quantitative estimate of drug-likeness (QED) is 0.0509. The number of aliphatic hydroxyl groups is 1. The van der Waals surface area contributed by atoms with E-state index in [0.717, 1.165) is 23.3 Å². The largest absolute Gasteiger partial charge is 0.507 e. The highest BCUT2D eigenvalue weighted by Crippen LogP contribution is 2.46. The molecule has 46 heavy (non-hydrogen) atoms. The number of carbonyl (C=O) groups is 2. The fraction of sp³-hybridized carbons (Fsp3) is 0.273. The van der Waals surface area contributed by atoms with Crippen molar-refractivity contribution in [2.24, 2.45) is 5.92 Å². The lowest BCUT2D eigenvalue weighted by molar-refractivity contribution is -0.132. The summed E-state index contributed by atoms with van der Waals surface area (Å²) in [4.78, 5) is 28.6. The average Bonchev–Trinajstić information content (AvgIpc) is 3.59. The van der Waals surface area contributed by atoms with Crippen LogP contribution in [0.3, 0.4) is 0 Å². The first-order valence-electron chi connectivity index (χ1n) is 14.4. The lowest BCUT2D eigenvalue weighted by Gasteiger charge is -2.24. The van der Waals surface area contributed by atoms with Crippen LogP contribution < -0.4 is 14.4 Å². The third-order valence-electron chi connectivity index (χ3n) is 7.07. The zero-order valence-corrected chi connectivity index (χ0v) is 29.0. The molecule has 0 saturated carbocycles. The SMILES string of the molecule is CCOc1cc(C2C(=C(O)c3ccc(Cl)cc3)C(=O)C(=O)N2c2nnc(SCc3ccc(Cl)cc3Cl)s2)ccc1OCCC(C)C. The van der Waals surface area contributed by atoms with Gasteiger partial charge in [-0.15, -0.1) is 10.2 Å². The number of aliphatic hydroxyl groups excluding tert-OH is 1. The van der Waals surface area contributed by atoms with Crippen molar-refractivity contribution < 1.29 is 24.2 Å². The molecule has 1 saturated heterocycles. The summed E-state index contributed by atoms with van der Waals surface area (Å²) in [6, 6.07) is 15.8. The molecule has 8 nitrogen and oxygen atoms in total. The zero-order chi connectivity index (χ0) is 33.0. The van der Waals surface area contributed by atoms with Crippen molar-refractivity contribution in [1.82, 2.24) is 10.2 Å². The molecule has 2 heterocycles. The first-order chi connectivity index (χ1) is 22.1. The lowest BCUT2D eigenvalue weighted by atomic mass is 9.95. The molecule has 4 aromatic rings. The first-order valence-corrected chi connectivity index (χ1v) is 17.4. The summed E-state index contributed by atoms with van der Waals surface area (Å²) < 4.78 is 12.5. The smallest absolute Gasteiger partial charge is 0.301 e. The van der Waals surface area contributed by atoms with Gasteiger partial charge in [-0.25, -0.2) is 0 Å². The maximum absolute atomic E-state index is 13.7. The maximum Gasteiger partial charge on any atom is 0.301 e. The molecule has 240 valence electrons. The Morgan fingerprint density at radius 3 is 2.41 bits per heavy atom. The summed E-state index contributed by atoms with van der Waals surface area (Å²) >= 11 is 21.0. The molecule has 1 atom stereocenters. The standard InChI is InChI=1S/C33H30Cl3N3O5S2/c1-4-43-26-15-20(8-12-25(26)44-14-13-18(2)3)28-27(29(40)19-5-9-22(34)10-6-19)30(41)31(42)39(28)32-37-38-33(46-32)45-17-21-7-11-23(35)16-24(21)36/h5-12,15-16,18,28,40H,4,13-14,17H2,1-3H3. The Hall–Kier alpha value is -3.28. The van der Waals surface area contributed by atoms with E-state index >= 15 is 0 Å². The second-order valence-corrected chi connectivity index (χ2v) is 14.2. The van der Waals surface area contributed by atoms with E-state index in [1.54, 1.807) is 54.6 Å². The Bertz CT molecular complexity index is 1780. The van der Waals surface area contributed by atoms with Crippen molar-refractivity contribution in [1.29, 1.82) is 0 Å².